The van der Waals surface area contributed by atoms with Crippen LogP contribution in [0.2, 0.25) is 0 Å². The molecule has 2 aliphatic rings. The van der Waals surface area contributed by atoms with Crippen LogP contribution in [0.25, 0.3) is 0 Å². The number of anilines is 1. The molecule has 0 spiro atoms. The molecular weight excluding hydrogens is 405 g/mol. The summed E-state index contributed by atoms with van der Waals surface area (Å²) in [6, 6.07) is 10.3. The van der Waals surface area contributed by atoms with E-state index in [2.05, 4.69) is 5.32 Å². The number of alkyl halides is 3. The van der Waals surface area contributed by atoms with Gasteiger partial charge in [-0.1, -0.05) is 18.2 Å². The third-order valence-corrected chi connectivity index (χ3v) is 6.20. The Morgan fingerprint density at radius 2 is 1.90 bits per heavy atom. The molecule has 2 aromatic rings. The molecule has 9 heteroatoms. The van der Waals surface area contributed by atoms with Crippen LogP contribution >= 0.6 is 11.8 Å². The van der Waals surface area contributed by atoms with Gasteiger partial charge in [-0.05, 0) is 36.2 Å². The van der Waals surface area contributed by atoms with E-state index in [9.17, 15) is 18.0 Å². The van der Waals surface area contributed by atoms with Gasteiger partial charge < -0.3 is 19.7 Å². The lowest BCUT2D eigenvalue weighted by molar-refractivity contribution is -0.136. The molecule has 0 radical (unpaired) electrons. The first-order valence-corrected chi connectivity index (χ1v) is 10.2. The SMILES string of the molecule is O=C(Nc1ccccc1C(F)(F)F)N1CCSC(c2ccc3c(c2)OCO3)CC1. The zero-order valence-corrected chi connectivity index (χ0v) is 16.2. The molecule has 1 saturated heterocycles. The maximum Gasteiger partial charge on any atom is 0.418 e. The van der Waals surface area contributed by atoms with E-state index in [1.807, 2.05) is 18.2 Å². The van der Waals surface area contributed by atoms with Crippen LogP contribution in [-0.2, 0) is 6.18 Å². The second-order valence-corrected chi connectivity index (χ2v) is 8.03. The average molecular weight is 424 g/mol. The number of benzene rings is 2. The molecule has 0 bridgehead atoms. The number of carbonyl (C=O) groups is 1. The number of hydrogen-bond donors (Lipinski definition) is 1. The fourth-order valence-corrected chi connectivity index (χ4v) is 4.61. The first kappa shape index (κ1) is 19.8. The van der Waals surface area contributed by atoms with Crippen molar-refractivity contribution in [3.63, 3.8) is 0 Å². The summed E-state index contributed by atoms with van der Waals surface area (Å²) in [6.45, 7) is 1.13. The maximum absolute atomic E-state index is 13.2. The average Bonchev–Trinajstić information content (AvgIpc) is 3.02. The van der Waals surface area contributed by atoms with Crippen molar-refractivity contribution in [2.75, 3.05) is 31.0 Å². The van der Waals surface area contributed by atoms with Gasteiger partial charge in [-0.25, -0.2) is 4.79 Å². The number of thioether (sulfide) groups is 1. The van der Waals surface area contributed by atoms with Crippen LogP contribution in [0.3, 0.4) is 0 Å². The second-order valence-electron chi connectivity index (χ2n) is 6.72. The highest BCUT2D eigenvalue weighted by Gasteiger charge is 2.34. The Labute approximate surface area is 170 Å². The first-order chi connectivity index (χ1) is 13.9. The van der Waals surface area contributed by atoms with E-state index in [-0.39, 0.29) is 17.7 Å². The van der Waals surface area contributed by atoms with E-state index in [4.69, 9.17) is 9.47 Å². The topological polar surface area (TPSA) is 50.8 Å². The molecule has 0 aliphatic carbocycles. The Kier molecular flexibility index (Phi) is 5.49. The number of hydrogen-bond acceptors (Lipinski definition) is 4. The van der Waals surface area contributed by atoms with Crippen molar-refractivity contribution in [3.8, 4) is 11.5 Å². The van der Waals surface area contributed by atoms with Gasteiger partial charge in [0.2, 0.25) is 6.79 Å². The van der Waals surface area contributed by atoms with E-state index in [0.29, 0.717) is 31.0 Å². The van der Waals surface area contributed by atoms with Gasteiger partial charge in [-0.2, -0.15) is 24.9 Å². The molecule has 1 N–H and O–H groups in total. The highest BCUT2D eigenvalue weighted by molar-refractivity contribution is 7.99. The largest absolute Gasteiger partial charge is 0.454 e. The van der Waals surface area contributed by atoms with E-state index < -0.39 is 17.8 Å². The highest BCUT2D eigenvalue weighted by Crippen LogP contribution is 2.40. The van der Waals surface area contributed by atoms with Crippen LogP contribution in [0.5, 0.6) is 11.5 Å². The third-order valence-electron chi connectivity index (χ3n) is 4.87. The van der Waals surface area contributed by atoms with Gasteiger partial charge in [0.15, 0.2) is 11.5 Å². The summed E-state index contributed by atoms with van der Waals surface area (Å²) in [7, 11) is 0. The van der Waals surface area contributed by atoms with Crippen LogP contribution in [0, 0.1) is 0 Å². The molecule has 5 nitrogen and oxygen atoms in total. The summed E-state index contributed by atoms with van der Waals surface area (Å²) in [6.07, 6.45) is -3.83. The fourth-order valence-electron chi connectivity index (χ4n) is 3.39. The molecule has 1 atom stereocenters. The number of carbonyl (C=O) groups excluding carboxylic acids is 1. The van der Waals surface area contributed by atoms with Crippen LogP contribution < -0.4 is 14.8 Å². The minimum atomic E-state index is -4.52. The Morgan fingerprint density at radius 1 is 1.10 bits per heavy atom. The Balaban J connectivity index is 1.42. The molecule has 0 saturated carbocycles. The van der Waals surface area contributed by atoms with Gasteiger partial charge in [-0.15, -0.1) is 0 Å². The number of nitrogens with one attached hydrogen (secondary N) is 1. The number of ether oxygens (including phenoxy) is 2. The van der Waals surface area contributed by atoms with Crippen LogP contribution in [0.1, 0.15) is 22.8 Å². The normalized spacial score (nSPS) is 19.0. The predicted molar refractivity (Wildman–Crippen MR) is 104 cm³/mol. The van der Waals surface area contributed by atoms with Gasteiger partial charge in [-0.3, -0.25) is 0 Å². The van der Waals surface area contributed by atoms with Crippen LogP contribution in [0.4, 0.5) is 23.7 Å². The number of fused-ring (bicyclic) bond motifs is 1. The van der Waals surface area contributed by atoms with E-state index in [1.165, 1.54) is 18.2 Å². The number of amides is 2. The lowest BCUT2D eigenvalue weighted by Gasteiger charge is -2.22. The summed E-state index contributed by atoms with van der Waals surface area (Å²) in [5.74, 6) is 2.12. The van der Waals surface area contributed by atoms with Crippen LogP contribution in [-0.4, -0.2) is 36.6 Å². The second kappa shape index (κ2) is 8.06. The van der Waals surface area contributed by atoms with Crippen molar-refractivity contribution in [1.82, 2.24) is 4.90 Å². The predicted octanol–water partition coefficient (Wildman–Crippen LogP) is 5.15. The lowest BCUT2D eigenvalue weighted by atomic mass is 10.1. The quantitative estimate of drug-likeness (QED) is 0.725. The zero-order chi connectivity index (χ0) is 20.4. The molecule has 2 aliphatic heterocycles. The summed E-state index contributed by atoms with van der Waals surface area (Å²) >= 11 is 1.72. The Morgan fingerprint density at radius 3 is 2.72 bits per heavy atom. The van der Waals surface area contributed by atoms with Crippen molar-refractivity contribution in [2.45, 2.75) is 17.8 Å². The Bertz CT molecular complexity index is 907. The fraction of sp³-hybridized carbons (Fsp3) is 0.350. The molecule has 154 valence electrons. The summed E-state index contributed by atoms with van der Waals surface area (Å²) in [4.78, 5) is 14.2. The van der Waals surface area contributed by atoms with Crippen molar-refractivity contribution in [3.05, 3.63) is 53.6 Å². The molecule has 4 rings (SSSR count). The molecule has 1 fully saturated rings. The van der Waals surface area contributed by atoms with Gasteiger partial charge in [0.05, 0.1) is 11.3 Å². The van der Waals surface area contributed by atoms with Gasteiger partial charge >= 0.3 is 12.2 Å². The smallest absolute Gasteiger partial charge is 0.418 e. The molecule has 2 heterocycles. The number of urea groups is 1. The number of nitrogens with zero attached hydrogens (tertiary/aromatic N) is 1. The molecule has 29 heavy (non-hydrogen) atoms. The monoisotopic (exact) mass is 424 g/mol. The first-order valence-electron chi connectivity index (χ1n) is 9.15. The molecular formula is C20H19F3N2O3S. The van der Waals surface area contributed by atoms with E-state index in [0.717, 1.165) is 17.4 Å². The number of halogens is 3. The van der Waals surface area contributed by atoms with Crippen molar-refractivity contribution in [1.29, 1.82) is 0 Å². The van der Waals surface area contributed by atoms with E-state index in [1.54, 1.807) is 16.7 Å². The van der Waals surface area contributed by atoms with Gasteiger partial charge in [0, 0.05) is 24.1 Å². The molecule has 2 aromatic carbocycles. The van der Waals surface area contributed by atoms with Gasteiger partial charge in [0.25, 0.3) is 0 Å². The molecule has 2 amide bonds. The summed E-state index contributed by atoms with van der Waals surface area (Å²) < 4.78 is 50.2. The van der Waals surface area contributed by atoms with Gasteiger partial charge in [0.1, 0.15) is 0 Å². The Hall–Kier alpha value is -2.55. The molecule has 1 unspecified atom stereocenters. The van der Waals surface area contributed by atoms with Crippen LogP contribution in [0.15, 0.2) is 42.5 Å². The standard InChI is InChI=1S/C20H19F3N2O3S/c21-20(22,23)14-3-1-2-4-15(14)24-19(26)25-8-7-18(29-10-9-25)13-5-6-16-17(11-13)28-12-27-16/h1-6,11,18H,7-10,12H2,(H,24,26). The van der Waals surface area contributed by atoms with Crippen molar-refractivity contribution in [2.24, 2.45) is 0 Å². The third kappa shape index (κ3) is 4.39. The maximum atomic E-state index is 13.2. The minimum absolute atomic E-state index is 0.171. The zero-order valence-electron chi connectivity index (χ0n) is 15.4. The summed E-state index contributed by atoms with van der Waals surface area (Å²) in [5, 5.41) is 2.60. The van der Waals surface area contributed by atoms with Crippen molar-refractivity contribution < 1.29 is 27.4 Å². The molecule has 0 aromatic heterocycles. The lowest BCUT2D eigenvalue weighted by Crippen LogP contribution is -2.37. The van der Waals surface area contributed by atoms with Crippen molar-refractivity contribution >= 4 is 23.5 Å². The van der Waals surface area contributed by atoms with E-state index >= 15 is 0 Å². The minimum Gasteiger partial charge on any atom is -0.454 e. The number of rotatable bonds is 2. The highest BCUT2D eigenvalue weighted by atomic mass is 32.2. The summed E-state index contributed by atoms with van der Waals surface area (Å²) in [5.41, 5.74) is 0.00827. The number of para-hydroxylation sites is 1.